The van der Waals surface area contributed by atoms with Gasteiger partial charge in [-0.15, -0.1) is 11.3 Å². The third kappa shape index (κ3) is 5.31. The number of fused-ring (bicyclic) bond motifs is 1. The molecule has 0 bridgehead atoms. The van der Waals surface area contributed by atoms with Crippen molar-refractivity contribution in [2.45, 2.75) is 51.2 Å². The highest BCUT2D eigenvalue weighted by molar-refractivity contribution is 7.09. The van der Waals surface area contributed by atoms with Gasteiger partial charge in [-0.3, -0.25) is 14.6 Å². The van der Waals surface area contributed by atoms with Crippen molar-refractivity contribution in [1.82, 2.24) is 15.2 Å². The number of hydrogen-bond acceptors (Lipinski definition) is 6. The molecule has 6 nitrogen and oxygen atoms in total. The van der Waals surface area contributed by atoms with Crippen LogP contribution in [0.25, 0.3) is 11.3 Å². The van der Waals surface area contributed by atoms with Crippen molar-refractivity contribution in [3.63, 3.8) is 0 Å². The minimum atomic E-state index is -0.370. The van der Waals surface area contributed by atoms with Gasteiger partial charge in [-0.2, -0.15) is 0 Å². The Bertz CT molecular complexity index is 1180. The lowest BCUT2D eigenvalue weighted by atomic mass is 9.82. The number of pyridine rings is 1. The highest BCUT2D eigenvalue weighted by atomic mass is 32.1. The number of likely N-dealkylation sites (tertiary alicyclic amines) is 1. The van der Waals surface area contributed by atoms with Crippen LogP contribution < -0.4 is 10.1 Å². The zero-order chi connectivity index (χ0) is 24.3. The molecule has 1 N–H and O–H groups in total. The molecule has 0 unspecified atom stereocenters. The summed E-state index contributed by atoms with van der Waals surface area (Å²) >= 11 is 1.61. The topological polar surface area (TPSA) is 71.5 Å². The fraction of sp³-hybridized carbons (Fsp3) is 0.393. The molecule has 0 radical (unpaired) electrons. The van der Waals surface area contributed by atoms with Crippen LogP contribution in [-0.2, 0) is 6.54 Å². The van der Waals surface area contributed by atoms with E-state index >= 15 is 0 Å². The molecule has 0 aliphatic carbocycles. The maximum atomic E-state index is 13.1. The number of nitrogens with one attached hydrogen (secondary N) is 1. The smallest absolute Gasteiger partial charge is 0.253 e. The van der Waals surface area contributed by atoms with E-state index in [1.807, 2.05) is 41.8 Å². The number of benzene rings is 1. The largest absolute Gasteiger partial charge is 0.486 e. The molecule has 35 heavy (non-hydrogen) atoms. The Labute approximate surface area is 210 Å². The van der Waals surface area contributed by atoms with E-state index in [9.17, 15) is 9.59 Å². The van der Waals surface area contributed by atoms with Crippen LogP contribution in [0.2, 0.25) is 0 Å². The van der Waals surface area contributed by atoms with Gasteiger partial charge in [0, 0.05) is 42.6 Å². The molecule has 182 valence electrons. The number of thiophene rings is 1. The summed E-state index contributed by atoms with van der Waals surface area (Å²) < 4.78 is 6.46. The third-order valence-electron chi connectivity index (χ3n) is 7.01. The quantitative estimate of drug-likeness (QED) is 0.485. The number of ketones is 1. The molecule has 2 aliphatic rings. The van der Waals surface area contributed by atoms with Gasteiger partial charge in [-0.25, -0.2) is 0 Å². The monoisotopic (exact) mass is 489 g/mol. The third-order valence-corrected chi connectivity index (χ3v) is 7.89. The van der Waals surface area contributed by atoms with Crippen LogP contribution in [0, 0.1) is 0 Å². The zero-order valence-electron chi connectivity index (χ0n) is 20.1. The van der Waals surface area contributed by atoms with E-state index in [1.54, 1.807) is 23.6 Å². The molecule has 1 fully saturated rings. The summed E-state index contributed by atoms with van der Waals surface area (Å²) in [6, 6.07) is 13.3. The van der Waals surface area contributed by atoms with E-state index in [-0.39, 0.29) is 17.3 Å². The molecular weight excluding hydrogens is 458 g/mol. The van der Waals surface area contributed by atoms with Gasteiger partial charge in [0.25, 0.3) is 5.91 Å². The molecule has 2 aliphatic heterocycles. The number of Topliss-reactive ketones (excluding diaryl/α,β-unsaturated/α-hetero) is 1. The summed E-state index contributed by atoms with van der Waals surface area (Å²) in [6.45, 7) is 5.81. The van der Waals surface area contributed by atoms with Gasteiger partial charge in [-0.1, -0.05) is 19.4 Å². The van der Waals surface area contributed by atoms with E-state index in [2.05, 4.69) is 22.1 Å². The van der Waals surface area contributed by atoms with Crippen molar-refractivity contribution in [3.05, 3.63) is 70.0 Å². The summed E-state index contributed by atoms with van der Waals surface area (Å²) in [6.07, 6.45) is 6.21. The molecule has 4 heterocycles. The van der Waals surface area contributed by atoms with Crippen LogP contribution in [-0.4, -0.2) is 46.8 Å². The van der Waals surface area contributed by atoms with Crippen LogP contribution in [0.3, 0.4) is 0 Å². The second kappa shape index (κ2) is 10.3. The first kappa shape index (κ1) is 23.7. The molecule has 3 aromatic rings. The number of nitrogens with zero attached hydrogens (tertiary/aromatic N) is 2. The van der Waals surface area contributed by atoms with Crippen molar-refractivity contribution < 1.29 is 14.3 Å². The van der Waals surface area contributed by atoms with Crippen LogP contribution in [0.1, 0.15) is 64.6 Å². The molecular formula is C28H31N3O3S. The number of carbonyl (C=O) groups excluding carboxylic acids is 2. The number of piperidine rings is 1. The standard InChI is InChI=1S/C28H31N3O3S/c1-2-3-12-31-13-10-28(11-14-31)17-25(32)23-16-20(7-9-26(23)34-28)24-8-6-21(18-29-24)27(33)30-19-22-5-4-15-35-22/h4-9,15-16,18H,2-3,10-14,17,19H2,1H3,(H,30,33). The summed E-state index contributed by atoms with van der Waals surface area (Å²) in [5.41, 5.74) is 2.33. The van der Waals surface area contributed by atoms with Crippen LogP contribution in [0.15, 0.2) is 54.0 Å². The Hall–Kier alpha value is -3.03. The Morgan fingerprint density at radius 3 is 2.77 bits per heavy atom. The van der Waals surface area contributed by atoms with Crippen LogP contribution in [0.4, 0.5) is 0 Å². The lowest BCUT2D eigenvalue weighted by Crippen LogP contribution is -2.51. The number of amides is 1. The lowest BCUT2D eigenvalue weighted by molar-refractivity contribution is -0.00910. The van der Waals surface area contributed by atoms with E-state index in [4.69, 9.17) is 4.74 Å². The average Bonchev–Trinajstić information content (AvgIpc) is 3.41. The van der Waals surface area contributed by atoms with Crippen LogP contribution in [0.5, 0.6) is 5.75 Å². The van der Waals surface area contributed by atoms with E-state index < -0.39 is 0 Å². The van der Waals surface area contributed by atoms with E-state index in [1.165, 1.54) is 12.8 Å². The molecule has 7 heteroatoms. The van der Waals surface area contributed by atoms with Gasteiger partial charge in [-0.05, 0) is 54.7 Å². The van der Waals surface area contributed by atoms with Crippen LogP contribution >= 0.6 is 11.3 Å². The fourth-order valence-corrected chi connectivity index (χ4v) is 5.52. The Morgan fingerprint density at radius 1 is 1.20 bits per heavy atom. The molecule has 2 aromatic heterocycles. The van der Waals surface area contributed by atoms with Gasteiger partial charge in [0.1, 0.15) is 11.4 Å². The minimum absolute atomic E-state index is 0.139. The first-order valence-corrected chi connectivity index (χ1v) is 13.3. The molecule has 0 atom stereocenters. The molecule has 1 spiro atoms. The SMILES string of the molecule is CCCCN1CCC2(CC1)CC(=O)c1cc(-c3ccc(C(=O)NCc4cccs4)cn3)ccc1O2. The van der Waals surface area contributed by atoms with Gasteiger partial charge in [0.2, 0.25) is 0 Å². The van der Waals surface area contributed by atoms with E-state index in [0.717, 1.165) is 48.6 Å². The van der Waals surface area contributed by atoms with Crippen molar-refractivity contribution in [2.75, 3.05) is 19.6 Å². The molecule has 5 rings (SSSR count). The van der Waals surface area contributed by atoms with Gasteiger partial charge >= 0.3 is 0 Å². The number of unbranched alkanes of at least 4 members (excludes halogenated alkanes) is 1. The number of aromatic nitrogens is 1. The van der Waals surface area contributed by atoms with Crippen molar-refractivity contribution in [2.24, 2.45) is 0 Å². The van der Waals surface area contributed by atoms with Crippen molar-refractivity contribution in [3.8, 4) is 17.0 Å². The second-order valence-electron chi connectivity index (χ2n) is 9.49. The van der Waals surface area contributed by atoms with Gasteiger partial charge in [0.05, 0.1) is 29.8 Å². The fourth-order valence-electron chi connectivity index (χ4n) is 4.88. The highest BCUT2D eigenvalue weighted by Crippen LogP contribution is 2.40. The Morgan fingerprint density at radius 2 is 2.06 bits per heavy atom. The maximum absolute atomic E-state index is 13.1. The maximum Gasteiger partial charge on any atom is 0.253 e. The minimum Gasteiger partial charge on any atom is -0.486 e. The summed E-state index contributed by atoms with van der Waals surface area (Å²) in [7, 11) is 0. The number of ether oxygens (including phenoxy) is 1. The summed E-state index contributed by atoms with van der Waals surface area (Å²) in [5, 5.41) is 4.90. The molecule has 1 aromatic carbocycles. The normalized spacial score (nSPS) is 17.1. The highest BCUT2D eigenvalue weighted by Gasteiger charge is 2.42. The first-order valence-electron chi connectivity index (χ1n) is 12.4. The number of hydrogen-bond donors (Lipinski definition) is 1. The van der Waals surface area contributed by atoms with E-state index in [0.29, 0.717) is 29.8 Å². The van der Waals surface area contributed by atoms with Gasteiger partial charge < -0.3 is 15.0 Å². The Kier molecular flexibility index (Phi) is 6.97. The predicted octanol–water partition coefficient (Wildman–Crippen LogP) is 5.34. The summed E-state index contributed by atoms with van der Waals surface area (Å²) in [4.78, 5) is 33.7. The lowest BCUT2D eigenvalue weighted by Gasteiger charge is -2.44. The average molecular weight is 490 g/mol. The number of rotatable bonds is 7. The van der Waals surface area contributed by atoms with Gasteiger partial charge in [0.15, 0.2) is 5.78 Å². The van der Waals surface area contributed by atoms with Crippen molar-refractivity contribution in [1.29, 1.82) is 0 Å². The molecule has 1 amide bonds. The molecule has 1 saturated heterocycles. The second-order valence-corrected chi connectivity index (χ2v) is 10.5. The summed E-state index contributed by atoms with van der Waals surface area (Å²) in [5.74, 6) is 0.661. The van der Waals surface area contributed by atoms with Crippen molar-refractivity contribution >= 4 is 23.0 Å². The zero-order valence-corrected chi connectivity index (χ0v) is 20.9. The molecule has 0 saturated carbocycles. The predicted molar refractivity (Wildman–Crippen MR) is 138 cm³/mol. The first-order chi connectivity index (χ1) is 17.0. The number of carbonyl (C=O) groups is 2. The Balaban J connectivity index is 1.25.